The zero-order valence-corrected chi connectivity index (χ0v) is 23.4. The van der Waals surface area contributed by atoms with Gasteiger partial charge in [0, 0.05) is 6.54 Å². The van der Waals surface area contributed by atoms with Gasteiger partial charge in [-0.25, -0.2) is 0 Å². The van der Waals surface area contributed by atoms with Crippen LogP contribution in [0.1, 0.15) is 53.4 Å². The van der Waals surface area contributed by atoms with Crippen LogP contribution in [0.3, 0.4) is 0 Å². The molecule has 1 aromatic rings. The summed E-state index contributed by atoms with van der Waals surface area (Å²) in [5.41, 5.74) is -1.60. The van der Waals surface area contributed by atoms with Gasteiger partial charge in [-0.2, -0.15) is 0 Å². The van der Waals surface area contributed by atoms with Crippen LogP contribution in [0.15, 0.2) is 36.9 Å². The Bertz CT molecular complexity index is 1100. The van der Waals surface area contributed by atoms with Crippen LogP contribution in [-0.4, -0.2) is 70.8 Å². The molecule has 1 spiro atoms. The third kappa shape index (κ3) is 4.16. The predicted octanol–water partition coefficient (Wildman–Crippen LogP) is 3.98. The van der Waals surface area contributed by atoms with Crippen molar-refractivity contribution in [2.75, 3.05) is 24.7 Å². The smallest absolute Gasteiger partial charge is 0.312 e. The summed E-state index contributed by atoms with van der Waals surface area (Å²) in [6.07, 6.45) is 3.80. The summed E-state index contributed by atoms with van der Waals surface area (Å²) < 4.78 is 12.2. The fourth-order valence-electron chi connectivity index (χ4n) is 6.95. The number of nitrogens with zero attached hydrogens (tertiary/aromatic N) is 2. The standard InChI is InChI=1S/C29H39ClN2O6/c1-6-16-31(20-13-11-10-12-19(20)30)26(35)24-29-15-14-28(8-3,38-29)23(27(36)37-9-4)22(29)25(34)32(24)21(17-33)18(5)7-2/h6,10-13,18,21-24,33H,1,7-9,14-17H2,2-5H3/t18-,21-,22-,23+,24?,28-,29?/m0/s1. The van der Waals surface area contributed by atoms with Crippen molar-refractivity contribution in [3.8, 4) is 0 Å². The van der Waals surface area contributed by atoms with Crippen molar-refractivity contribution in [3.05, 3.63) is 41.9 Å². The second-order valence-electron chi connectivity index (χ2n) is 10.7. The van der Waals surface area contributed by atoms with E-state index in [1.165, 1.54) is 9.80 Å². The van der Waals surface area contributed by atoms with Crippen LogP contribution in [0.5, 0.6) is 0 Å². The molecule has 3 saturated heterocycles. The molecule has 2 unspecified atom stereocenters. The van der Waals surface area contributed by atoms with Gasteiger partial charge in [-0.05, 0) is 44.2 Å². The SMILES string of the molecule is C=CCN(C(=O)C1N([C@@H](CO)[C@@H](C)CC)C(=O)[C@@H]2[C@H](C(=O)OCC)[C@]3(CC)CCC12O3)c1ccccc1Cl. The van der Waals surface area contributed by atoms with Gasteiger partial charge in [0.2, 0.25) is 5.91 Å². The Balaban J connectivity index is 1.90. The molecule has 208 valence electrons. The lowest BCUT2D eigenvalue weighted by Crippen LogP contribution is -2.60. The Morgan fingerprint density at radius 2 is 2.03 bits per heavy atom. The molecule has 38 heavy (non-hydrogen) atoms. The number of amides is 2. The lowest BCUT2D eigenvalue weighted by molar-refractivity contribution is -0.162. The number of likely N-dealkylation sites (tertiary alicyclic amines) is 1. The van der Waals surface area contributed by atoms with Crippen molar-refractivity contribution < 1.29 is 29.0 Å². The van der Waals surface area contributed by atoms with E-state index in [4.69, 9.17) is 21.1 Å². The Morgan fingerprint density at radius 1 is 1.32 bits per heavy atom. The maximum atomic E-state index is 14.6. The Hall–Kier alpha value is -2.42. The fourth-order valence-corrected chi connectivity index (χ4v) is 7.19. The summed E-state index contributed by atoms with van der Waals surface area (Å²) in [6, 6.07) is 5.36. The molecule has 0 aromatic heterocycles. The molecule has 8 nitrogen and oxygen atoms in total. The first-order chi connectivity index (χ1) is 18.2. The molecular formula is C29H39ClN2O6. The maximum Gasteiger partial charge on any atom is 0.312 e. The summed E-state index contributed by atoms with van der Waals surface area (Å²) in [5, 5.41) is 10.9. The second kappa shape index (κ2) is 11.0. The molecule has 3 aliphatic heterocycles. The highest BCUT2D eigenvalue weighted by Gasteiger charge is 2.79. The highest BCUT2D eigenvalue weighted by Crippen LogP contribution is 2.65. The van der Waals surface area contributed by atoms with Gasteiger partial charge in [-0.3, -0.25) is 14.4 Å². The van der Waals surface area contributed by atoms with E-state index in [1.807, 2.05) is 20.8 Å². The first kappa shape index (κ1) is 28.6. The van der Waals surface area contributed by atoms with E-state index in [1.54, 1.807) is 37.3 Å². The quantitative estimate of drug-likeness (QED) is 0.333. The second-order valence-corrected chi connectivity index (χ2v) is 11.1. The first-order valence-electron chi connectivity index (χ1n) is 13.6. The van der Waals surface area contributed by atoms with Crippen LogP contribution < -0.4 is 4.90 Å². The van der Waals surface area contributed by atoms with E-state index in [-0.39, 0.29) is 37.5 Å². The molecule has 3 aliphatic rings. The monoisotopic (exact) mass is 546 g/mol. The van der Waals surface area contributed by atoms with E-state index in [0.717, 1.165) is 0 Å². The number of fused-ring (bicyclic) bond motifs is 1. The number of hydrogen-bond acceptors (Lipinski definition) is 6. The number of aliphatic hydroxyl groups excluding tert-OH is 1. The Morgan fingerprint density at radius 3 is 2.61 bits per heavy atom. The van der Waals surface area contributed by atoms with Crippen molar-refractivity contribution in [2.45, 2.75) is 76.7 Å². The van der Waals surface area contributed by atoms with Crippen LogP contribution in [-0.2, 0) is 23.9 Å². The molecule has 7 atom stereocenters. The number of ether oxygens (including phenoxy) is 2. The Kier molecular flexibility index (Phi) is 8.26. The summed E-state index contributed by atoms with van der Waals surface area (Å²) in [7, 11) is 0. The van der Waals surface area contributed by atoms with E-state index >= 15 is 0 Å². The number of aliphatic hydroxyl groups is 1. The van der Waals surface area contributed by atoms with E-state index in [2.05, 4.69) is 6.58 Å². The van der Waals surface area contributed by atoms with Gasteiger partial charge in [0.1, 0.15) is 17.6 Å². The van der Waals surface area contributed by atoms with Gasteiger partial charge in [0.05, 0.1) is 41.5 Å². The minimum Gasteiger partial charge on any atom is -0.466 e. The summed E-state index contributed by atoms with van der Waals surface area (Å²) in [6.45, 7) is 11.5. The van der Waals surface area contributed by atoms with Gasteiger partial charge < -0.3 is 24.4 Å². The average Bonchev–Trinajstić information content (AvgIpc) is 3.52. The molecule has 1 N–H and O–H groups in total. The minimum atomic E-state index is -1.22. The molecule has 0 saturated carbocycles. The summed E-state index contributed by atoms with van der Waals surface area (Å²) in [4.78, 5) is 45.4. The molecule has 3 fully saturated rings. The third-order valence-corrected chi connectivity index (χ3v) is 9.28. The lowest BCUT2D eigenvalue weighted by atomic mass is 9.65. The lowest BCUT2D eigenvalue weighted by Gasteiger charge is -2.41. The number of hydrogen-bond donors (Lipinski definition) is 1. The molecule has 3 heterocycles. The topological polar surface area (TPSA) is 96.4 Å². The maximum absolute atomic E-state index is 14.6. The van der Waals surface area contributed by atoms with Crippen molar-refractivity contribution in [2.24, 2.45) is 17.8 Å². The largest absolute Gasteiger partial charge is 0.466 e. The molecule has 9 heteroatoms. The Labute approximate surface area is 229 Å². The number of benzene rings is 1. The van der Waals surface area contributed by atoms with Crippen molar-refractivity contribution in [3.63, 3.8) is 0 Å². The molecule has 0 radical (unpaired) electrons. The van der Waals surface area contributed by atoms with Crippen LogP contribution in [0.25, 0.3) is 0 Å². The predicted molar refractivity (Wildman–Crippen MR) is 145 cm³/mol. The molecule has 4 rings (SSSR count). The van der Waals surface area contributed by atoms with Gasteiger partial charge in [-0.15, -0.1) is 6.58 Å². The first-order valence-corrected chi connectivity index (χ1v) is 14.0. The number of halogens is 1. The summed E-state index contributed by atoms with van der Waals surface area (Å²) in [5.74, 6) is -2.97. The normalized spacial score (nSPS) is 31.2. The van der Waals surface area contributed by atoms with Crippen molar-refractivity contribution in [1.29, 1.82) is 0 Å². The molecule has 0 aliphatic carbocycles. The summed E-state index contributed by atoms with van der Waals surface area (Å²) >= 11 is 6.52. The van der Waals surface area contributed by atoms with Crippen molar-refractivity contribution >= 4 is 35.1 Å². The average molecular weight is 547 g/mol. The number of para-hydroxylation sites is 1. The molecular weight excluding hydrogens is 508 g/mol. The molecule has 2 amide bonds. The van der Waals surface area contributed by atoms with Crippen molar-refractivity contribution in [1.82, 2.24) is 4.90 Å². The molecule has 1 aromatic carbocycles. The van der Waals surface area contributed by atoms with E-state index in [0.29, 0.717) is 36.4 Å². The highest BCUT2D eigenvalue weighted by molar-refractivity contribution is 6.34. The van der Waals surface area contributed by atoms with Gasteiger partial charge in [0.25, 0.3) is 5.91 Å². The zero-order chi connectivity index (χ0) is 27.8. The number of esters is 1. The van der Waals surface area contributed by atoms with Crippen LogP contribution in [0.2, 0.25) is 5.02 Å². The zero-order valence-electron chi connectivity index (χ0n) is 22.7. The molecule has 2 bridgehead atoms. The minimum absolute atomic E-state index is 0.0963. The van der Waals surface area contributed by atoms with Gasteiger partial charge in [-0.1, -0.05) is 57.0 Å². The number of carbonyl (C=O) groups is 3. The number of carbonyl (C=O) groups excluding carboxylic acids is 3. The van der Waals surface area contributed by atoms with E-state index in [9.17, 15) is 19.5 Å². The van der Waals surface area contributed by atoms with Crippen LogP contribution >= 0.6 is 11.6 Å². The van der Waals surface area contributed by atoms with Crippen LogP contribution in [0.4, 0.5) is 5.69 Å². The van der Waals surface area contributed by atoms with E-state index < -0.39 is 41.1 Å². The number of rotatable bonds is 11. The van der Waals surface area contributed by atoms with Crippen LogP contribution in [0, 0.1) is 17.8 Å². The van der Waals surface area contributed by atoms with Gasteiger partial charge >= 0.3 is 5.97 Å². The van der Waals surface area contributed by atoms with Gasteiger partial charge in [0.15, 0.2) is 0 Å². The fraction of sp³-hybridized carbons (Fsp3) is 0.621. The number of anilines is 1. The highest BCUT2D eigenvalue weighted by atomic mass is 35.5. The third-order valence-electron chi connectivity index (χ3n) is 8.96.